The summed E-state index contributed by atoms with van der Waals surface area (Å²) in [5.74, 6) is -0.502. The molecule has 0 aliphatic carbocycles. The van der Waals surface area contributed by atoms with Crippen molar-refractivity contribution >= 4 is 10.1 Å². The van der Waals surface area contributed by atoms with Crippen molar-refractivity contribution in [2.45, 2.75) is 12.8 Å². The number of ether oxygens (including phenoxy) is 2. The molecule has 0 heterocycles. The second kappa shape index (κ2) is 12.3. The van der Waals surface area contributed by atoms with Gasteiger partial charge < -0.3 is 19.1 Å². The smallest absolute Gasteiger partial charge is 0.748 e. The van der Waals surface area contributed by atoms with E-state index in [4.69, 9.17) is 14.6 Å². The molecule has 0 unspecified atom stereocenters. The fourth-order valence-electron chi connectivity index (χ4n) is 0.799. The molecule has 0 saturated carbocycles. The monoisotopic (exact) mass is 264 g/mol. The summed E-state index contributed by atoms with van der Waals surface area (Å²) in [6.07, 6.45) is 1.49. The van der Waals surface area contributed by atoms with Crippen LogP contribution in [0.25, 0.3) is 0 Å². The van der Waals surface area contributed by atoms with E-state index < -0.39 is 15.9 Å². The number of unbranched alkanes of at least 4 members (excludes halogenated alkanes) is 1. The molecule has 6 nitrogen and oxygen atoms in total. The molecule has 0 radical (unpaired) electrons. The van der Waals surface area contributed by atoms with Gasteiger partial charge in [0.1, 0.15) is 0 Å². The van der Waals surface area contributed by atoms with Gasteiger partial charge in [-0.3, -0.25) is 0 Å². The van der Waals surface area contributed by atoms with E-state index in [2.05, 4.69) is 0 Å². The Hall–Kier alpha value is 0.790. The Kier molecular flexibility index (Phi) is 14.7. The van der Waals surface area contributed by atoms with Gasteiger partial charge in [0.25, 0.3) is 0 Å². The van der Waals surface area contributed by atoms with Gasteiger partial charge in [0.15, 0.2) is 0 Å². The summed E-state index contributed by atoms with van der Waals surface area (Å²) >= 11 is 0. The van der Waals surface area contributed by atoms with Crippen LogP contribution in [0.4, 0.5) is 0 Å². The third kappa shape index (κ3) is 17.2. The molecular formula is C8H17NaO6S. The Morgan fingerprint density at radius 2 is 1.56 bits per heavy atom. The molecule has 1 N–H and O–H groups in total. The van der Waals surface area contributed by atoms with Gasteiger partial charge >= 0.3 is 29.6 Å². The fourth-order valence-corrected chi connectivity index (χ4v) is 1.12. The molecule has 8 heteroatoms. The molecule has 0 bridgehead atoms. The summed E-state index contributed by atoms with van der Waals surface area (Å²) in [6.45, 7) is 1.25. The topological polar surface area (TPSA) is 95.9 Å². The van der Waals surface area contributed by atoms with Crippen LogP contribution in [0.2, 0.25) is 0 Å². The minimum atomic E-state index is -4.17. The molecule has 92 valence electrons. The van der Waals surface area contributed by atoms with Gasteiger partial charge in [-0.2, -0.15) is 0 Å². The largest absolute Gasteiger partial charge is 1.00 e. The Labute approximate surface area is 118 Å². The van der Waals surface area contributed by atoms with Gasteiger partial charge in [-0.05, 0) is 12.8 Å². The van der Waals surface area contributed by atoms with E-state index in [1.165, 1.54) is 0 Å². The van der Waals surface area contributed by atoms with Crippen molar-refractivity contribution in [3.05, 3.63) is 0 Å². The van der Waals surface area contributed by atoms with Crippen LogP contribution in [0.15, 0.2) is 0 Å². The maximum atomic E-state index is 10.1. The Balaban J connectivity index is 0. The molecule has 0 aromatic carbocycles. The first-order valence-corrected chi connectivity index (χ1v) is 6.34. The fraction of sp³-hybridized carbons (Fsp3) is 1.00. The minimum Gasteiger partial charge on any atom is -0.748 e. The number of hydrogen-bond acceptors (Lipinski definition) is 6. The number of aliphatic hydroxyl groups excluding tert-OH is 1. The normalized spacial score (nSPS) is 11.1. The zero-order valence-corrected chi connectivity index (χ0v) is 12.4. The van der Waals surface area contributed by atoms with Crippen LogP contribution in [0.1, 0.15) is 12.8 Å². The third-order valence-electron chi connectivity index (χ3n) is 1.55. The second-order valence-electron chi connectivity index (χ2n) is 2.92. The molecule has 0 saturated heterocycles. The first kappa shape index (κ1) is 19.1. The van der Waals surface area contributed by atoms with Crippen LogP contribution < -0.4 is 29.6 Å². The number of hydrogen-bond donors (Lipinski definition) is 1. The van der Waals surface area contributed by atoms with Crippen LogP contribution in [-0.2, 0) is 19.6 Å². The van der Waals surface area contributed by atoms with Gasteiger partial charge in [-0.1, -0.05) is 0 Å². The molecule has 0 spiro atoms. The van der Waals surface area contributed by atoms with E-state index in [9.17, 15) is 13.0 Å². The van der Waals surface area contributed by atoms with Gasteiger partial charge in [0.2, 0.25) is 0 Å². The maximum absolute atomic E-state index is 10.1. The molecule has 0 aromatic rings. The third-order valence-corrected chi connectivity index (χ3v) is 2.21. The van der Waals surface area contributed by atoms with Gasteiger partial charge in [0, 0.05) is 13.2 Å². The van der Waals surface area contributed by atoms with Crippen molar-refractivity contribution in [3.8, 4) is 0 Å². The van der Waals surface area contributed by atoms with Crippen molar-refractivity contribution in [1.82, 2.24) is 0 Å². The quantitative estimate of drug-likeness (QED) is 0.248. The molecule has 0 aromatic heterocycles. The van der Waals surface area contributed by atoms with E-state index in [1.54, 1.807) is 0 Å². The Bertz CT molecular complexity index is 231. The van der Waals surface area contributed by atoms with E-state index in [0.29, 0.717) is 19.6 Å². The first-order chi connectivity index (χ1) is 7.06. The van der Waals surface area contributed by atoms with E-state index in [1.807, 2.05) is 0 Å². The molecule has 16 heavy (non-hydrogen) atoms. The molecule has 0 aliphatic heterocycles. The molecule has 0 fully saturated rings. The van der Waals surface area contributed by atoms with E-state index in [0.717, 1.165) is 6.42 Å². The summed E-state index contributed by atoms with van der Waals surface area (Å²) in [5, 5.41) is 8.45. The molecular weight excluding hydrogens is 247 g/mol. The van der Waals surface area contributed by atoms with Gasteiger partial charge in [0.05, 0.1) is 35.7 Å². The standard InChI is InChI=1S/C8H18O6S.Na/c9-3-1-2-4-13-5-6-14-7-8-15(10,11)12;/h9H,1-8H2,(H,10,11,12);/q;+1/p-1. The van der Waals surface area contributed by atoms with Crippen LogP contribution in [0, 0.1) is 0 Å². The van der Waals surface area contributed by atoms with Crippen LogP contribution in [-0.4, -0.2) is 56.9 Å². The van der Waals surface area contributed by atoms with E-state index >= 15 is 0 Å². The summed E-state index contributed by atoms with van der Waals surface area (Å²) in [5.41, 5.74) is 0. The molecule has 0 rings (SSSR count). The molecule has 0 amide bonds. The van der Waals surface area contributed by atoms with Crippen molar-refractivity contribution < 1.29 is 57.1 Å². The van der Waals surface area contributed by atoms with Crippen LogP contribution in [0.3, 0.4) is 0 Å². The SMILES string of the molecule is O=S(=O)([O-])CCOCCOCCCCO.[Na+]. The van der Waals surface area contributed by atoms with E-state index in [-0.39, 0.29) is 49.4 Å². The van der Waals surface area contributed by atoms with Gasteiger partial charge in [-0.25, -0.2) is 8.42 Å². The zero-order valence-electron chi connectivity index (χ0n) is 9.55. The summed E-state index contributed by atoms with van der Waals surface area (Å²) in [4.78, 5) is 0. The molecule has 0 aliphatic rings. The van der Waals surface area contributed by atoms with Crippen molar-refractivity contribution in [3.63, 3.8) is 0 Å². The Morgan fingerprint density at radius 3 is 2.06 bits per heavy atom. The first-order valence-electron chi connectivity index (χ1n) is 4.76. The van der Waals surface area contributed by atoms with Crippen LogP contribution in [0.5, 0.6) is 0 Å². The van der Waals surface area contributed by atoms with Crippen LogP contribution >= 0.6 is 0 Å². The average Bonchev–Trinajstić information content (AvgIpc) is 2.14. The Morgan fingerprint density at radius 1 is 1.00 bits per heavy atom. The minimum absolute atomic E-state index is 0. The summed E-state index contributed by atoms with van der Waals surface area (Å²) in [6, 6.07) is 0. The predicted octanol–water partition coefficient (Wildman–Crippen LogP) is -3.66. The number of rotatable bonds is 10. The van der Waals surface area contributed by atoms with Crippen molar-refractivity contribution in [1.29, 1.82) is 0 Å². The average molecular weight is 264 g/mol. The maximum Gasteiger partial charge on any atom is 1.00 e. The van der Waals surface area contributed by atoms with Crippen molar-refractivity contribution in [2.24, 2.45) is 0 Å². The van der Waals surface area contributed by atoms with Crippen molar-refractivity contribution in [2.75, 3.05) is 38.8 Å². The summed E-state index contributed by atoms with van der Waals surface area (Å²) in [7, 11) is -4.17. The predicted molar refractivity (Wildman–Crippen MR) is 52.5 cm³/mol. The molecule has 0 atom stereocenters. The second-order valence-corrected chi connectivity index (χ2v) is 4.44. The number of aliphatic hydroxyl groups is 1. The van der Waals surface area contributed by atoms with Gasteiger partial charge in [-0.15, -0.1) is 0 Å². The summed E-state index contributed by atoms with van der Waals surface area (Å²) < 4.78 is 40.4. The zero-order chi connectivity index (χ0) is 11.6.